The summed E-state index contributed by atoms with van der Waals surface area (Å²) in [4.78, 5) is 4.48. The van der Waals surface area contributed by atoms with E-state index in [1.807, 2.05) is 0 Å². The van der Waals surface area contributed by atoms with Crippen LogP contribution in [-0.2, 0) is 23.7 Å². The van der Waals surface area contributed by atoms with Crippen molar-refractivity contribution in [1.82, 2.24) is 10.6 Å². The van der Waals surface area contributed by atoms with E-state index < -0.39 is 72.4 Å². The zero-order valence-corrected chi connectivity index (χ0v) is 23.7. The van der Waals surface area contributed by atoms with Crippen LogP contribution in [0.15, 0.2) is 4.99 Å². The fourth-order valence-electron chi connectivity index (χ4n) is 5.81. The second-order valence-electron chi connectivity index (χ2n) is 11.8. The SMILES string of the molecule is CN[C@@H]1[C@@H](O)[C@@H](O[C@@H]2[C@@H](O)[C@H](O[C@H]3O[C@H](CNCCO)CC[C@H]3N)[C@@H](N)C[C@H]2N=C(N)C2(O)COC2)OC[C@]1(C)O. The van der Waals surface area contributed by atoms with Gasteiger partial charge in [-0.05, 0) is 33.2 Å². The molecule has 4 aliphatic rings. The second-order valence-corrected chi connectivity index (χ2v) is 11.8. The van der Waals surface area contributed by atoms with Gasteiger partial charge in [-0.25, -0.2) is 0 Å². The number of aliphatic hydroxyl groups excluding tert-OH is 3. The monoisotopic (exact) mass is 592 g/mol. The molecular weight excluding hydrogens is 544 g/mol. The first-order chi connectivity index (χ1) is 19.4. The molecule has 0 aromatic carbocycles. The number of nitrogens with two attached hydrogens (primary N) is 3. The Balaban J connectivity index is 1.53. The molecule has 13 N–H and O–H groups in total. The highest BCUT2D eigenvalue weighted by molar-refractivity contribution is 5.90. The highest BCUT2D eigenvalue weighted by atomic mass is 16.7. The maximum atomic E-state index is 11.6. The molecule has 0 unspecified atom stereocenters. The number of nitrogens with zero attached hydrogens (tertiary/aromatic N) is 1. The van der Waals surface area contributed by atoms with Gasteiger partial charge in [0.2, 0.25) is 0 Å². The molecule has 0 aromatic rings. The van der Waals surface area contributed by atoms with E-state index in [0.717, 1.165) is 0 Å². The number of aliphatic imine (C=N–C) groups is 1. The molecule has 0 aromatic heterocycles. The molecule has 0 amide bonds. The topological polar surface area (TPSA) is 262 Å². The highest BCUT2D eigenvalue weighted by Gasteiger charge is 2.52. The molecule has 0 spiro atoms. The Bertz CT molecular complexity index is 882. The molecule has 16 heteroatoms. The van der Waals surface area contributed by atoms with Gasteiger partial charge >= 0.3 is 0 Å². The van der Waals surface area contributed by atoms with E-state index in [1.165, 1.54) is 6.92 Å². The quantitative estimate of drug-likeness (QED) is 0.0611. The molecule has 0 bridgehead atoms. The average Bonchev–Trinajstić information content (AvgIpc) is 2.90. The maximum Gasteiger partial charge on any atom is 0.185 e. The molecule has 3 heterocycles. The Kier molecular flexibility index (Phi) is 11.0. The molecule has 16 nitrogen and oxygen atoms in total. The average molecular weight is 593 g/mol. The van der Waals surface area contributed by atoms with E-state index in [2.05, 4.69) is 15.6 Å². The van der Waals surface area contributed by atoms with Gasteiger partial charge in [0.05, 0.1) is 50.7 Å². The van der Waals surface area contributed by atoms with E-state index in [4.69, 9.17) is 46.0 Å². The van der Waals surface area contributed by atoms with Crippen LogP contribution < -0.4 is 27.8 Å². The van der Waals surface area contributed by atoms with Crippen molar-refractivity contribution in [2.24, 2.45) is 22.2 Å². The third-order valence-corrected chi connectivity index (χ3v) is 8.33. The van der Waals surface area contributed by atoms with E-state index >= 15 is 0 Å². The molecule has 4 fully saturated rings. The molecule has 1 aliphatic carbocycles. The Morgan fingerprint density at radius 2 is 1.73 bits per heavy atom. The third kappa shape index (κ3) is 7.35. The number of likely N-dealkylation sites (N-methyl/N-ethyl adjacent to an activating group) is 1. The summed E-state index contributed by atoms with van der Waals surface area (Å²) in [5.74, 6) is -0.0851. The van der Waals surface area contributed by atoms with Crippen molar-refractivity contribution in [3.8, 4) is 0 Å². The lowest BCUT2D eigenvalue weighted by Gasteiger charge is -2.48. The molecule has 238 valence electrons. The predicted octanol–water partition coefficient (Wildman–Crippen LogP) is -5.19. The number of ether oxygens (including phenoxy) is 5. The summed E-state index contributed by atoms with van der Waals surface area (Å²) in [6.07, 6.45) is -5.69. The van der Waals surface area contributed by atoms with Crippen LogP contribution in [0.5, 0.6) is 0 Å². The minimum atomic E-state index is -1.44. The Hall–Kier alpha value is -1.09. The van der Waals surface area contributed by atoms with Crippen molar-refractivity contribution in [3.63, 3.8) is 0 Å². The Morgan fingerprint density at radius 1 is 1.02 bits per heavy atom. The number of hydrogen-bond acceptors (Lipinski definition) is 15. The summed E-state index contributed by atoms with van der Waals surface area (Å²) >= 11 is 0. The molecule has 0 radical (unpaired) electrons. The van der Waals surface area contributed by atoms with E-state index in [1.54, 1.807) is 7.05 Å². The van der Waals surface area contributed by atoms with Crippen molar-refractivity contribution >= 4 is 5.84 Å². The van der Waals surface area contributed by atoms with Gasteiger partial charge in [0.1, 0.15) is 35.9 Å². The number of nitrogens with one attached hydrogen (secondary N) is 2. The van der Waals surface area contributed by atoms with Crippen LogP contribution in [0.3, 0.4) is 0 Å². The minimum Gasteiger partial charge on any atom is -0.395 e. The molecule has 1 saturated carbocycles. The lowest BCUT2D eigenvalue weighted by atomic mass is 9.83. The first-order valence-electron chi connectivity index (χ1n) is 14.2. The predicted molar refractivity (Wildman–Crippen MR) is 145 cm³/mol. The molecule has 12 atom stereocenters. The van der Waals surface area contributed by atoms with Crippen molar-refractivity contribution in [2.45, 2.75) is 105 Å². The largest absolute Gasteiger partial charge is 0.395 e. The fraction of sp³-hybridized carbons (Fsp3) is 0.960. The van der Waals surface area contributed by atoms with Crippen LogP contribution in [0.2, 0.25) is 0 Å². The highest BCUT2D eigenvalue weighted by Crippen LogP contribution is 2.33. The number of aliphatic hydroxyl groups is 5. The van der Waals surface area contributed by atoms with Crippen LogP contribution in [0.4, 0.5) is 0 Å². The maximum absolute atomic E-state index is 11.6. The fourth-order valence-corrected chi connectivity index (χ4v) is 5.81. The zero-order chi connectivity index (χ0) is 29.9. The van der Waals surface area contributed by atoms with Gasteiger partial charge in [0.25, 0.3) is 0 Å². The Morgan fingerprint density at radius 3 is 2.37 bits per heavy atom. The van der Waals surface area contributed by atoms with Gasteiger partial charge < -0.3 is 77.1 Å². The standard InChI is InChI=1S/C25H48N6O10/c1-24(35)9-38-22(17(34)20(24)29-2)41-19-15(31-23(28)25(36)10-37-11-25)7-14(27)18(16(19)33)40-21-13(26)4-3-12(39-21)8-30-5-6-32/h12-22,29-30,32-36H,3-11,26-27H2,1-2H3,(H2,28,31)/t12-,13+,14-,15+,16-,17+,18+,19-,20+,21+,22+,24-/m0/s1. The molecule has 3 aliphatic heterocycles. The van der Waals surface area contributed by atoms with E-state index in [0.29, 0.717) is 25.9 Å². The first-order valence-corrected chi connectivity index (χ1v) is 14.2. The minimum absolute atomic E-state index is 0.00126. The summed E-state index contributed by atoms with van der Waals surface area (Å²) in [5, 5.41) is 58.8. The molecule has 4 rings (SSSR count). The van der Waals surface area contributed by atoms with Crippen molar-refractivity contribution in [3.05, 3.63) is 0 Å². The van der Waals surface area contributed by atoms with Crippen LogP contribution in [0.1, 0.15) is 26.2 Å². The second kappa shape index (κ2) is 13.7. The smallest absolute Gasteiger partial charge is 0.185 e. The molecule has 41 heavy (non-hydrogen) atoms. The first kappa shape index (κ1) is 32.8. The molecule has 3 saturated heterocycles. The van der Waals surface area contributed by atoms with Crippen LogP contribution in [0.25, 0.3) is 0 Å². The van der Waals surface area contributed by atoms with Gasteiger partial charge in [-0.15, -0.1) is 0 Å². The number of amidine groups is 1. The van der Waals surface area contributed by atoms with Crippen molar-refractivity contribution in [1.29, 1.82) is 0 Å². The lowest BCUT2D eigenvalue weighted by molar-refractivity contribution is -0.306. The number of hydrogen-bond donors (Lipinski definition) is 10. The van der Waals surface area contributed by atoms with Crippen LogP contribution >= 0.6 is 0 Å². The number of rotatable bonds is 11. The summed E-state index contributed by atoms with van der Waals surface area (Å²) < 4.78 is 29.2. The molecular formula is C25H48N6O10. The van der Waals surface area contributed by atoms with Gasteiger partial charge in [0.15, 0.2) is 18.2 Å². The van der Waals surface area contributed by atoms with Crippen LogP contribution in [-0.4, -0.2) is 156 Å². The summed E-state index contributed by atoms with van der Waals surface area (Å²) in [7, 11) is 1.60. The van der Waals surface area contributed by atoms with Gasteiger partial charge in [0, 0.05) is 19.1 Å². The van der Waals surface area contributed by atoms with E-state index in [9.17, 15) is 20.4 Å². The van der Waals surface area contributed by atoms with Crippen molar-refractivity contribution in [2.75, 3.05) is 46.6 Å². The van der Waals surface area contributed by atoms with Crippen molar-refractivity contribution < 1.29 is 49.2 Å². The summed E-state index contributed by atoms with van der Waals surface area (Å²) in [6.45, 7) is 2.27. The van der Waals surface area contributed by atoms with Gasteiger partial charge in [-0.2, -0.15) is 0 Å². The lowest BCUT2D eigenvalue weighted by Crippen LogP contribution is -2.68. The van der Waals surface area contributed by atoms with E-state index in [-0.39, 0.29) is 44.8 Å². The summed E-state index contributed by atoms with van der Waals surface area (Å²) in [6, 6.07) is -2.84. The normalized spacial score (nSPS) is 45.3. The van der Waals surface area contributed by atoms with Crippen LogP contribution in [0, 0.1) is 0 Å². The Labute approximate surface area is 239 Å². The zero-order valence-electron chi connectivity index (χ0n) is 23.7. The third-order valence-electron chi connectivity index (χ3n) is 8.33. The van der Waals surface area contributed by atoms with Gasteiger partial charge in [-0.3, -0.25) is 4.99 Å². The summed E-state index contributed by atoms with van der Waals surface area (Å²) in [5.41, 5.74) is 16.1. The van der Waals surface area contributed by atoms with Gasteiger partial charge in [-0.1, -0.05) is 0 Å².